The van der Waals surface area contributed by atoms with Gasteiger partial charge in [-0.25, -0.2) is 4.79 Å². The summed E-state index contributed by atoms with van der Waals surface area (Å²) in [6.45, 7) is 9.12. The minimum atomic E-state index is -1.63. The first kappa shape index (κ1) is 38.0. The molecule has 0 aromatic rings. The van der Waals surface area contributed by atoms with E-state index >= 15 is 0 Å². The van der Waals surface area contributed by atoms with Crippen molar-refractivity contribution in [3.8, 4) is 0 Å². The monoisotopic (exact) mass is 531 g/mol. The van der Waals surface area contributed by atoms with E-state index in [1.807, 2.05) is 0 Å². The van der Waals surface area contributed by atoms with Crippen molar-refractivity contribution in [3.05, 3.63) is 0 Å². The molecule has 0 heterocycles. The molecule has 0 saturated heterocycles. The van der Waals surface area contributed by atoms with E-state index in [2.05, 4.69) is 27.7 Å². The predicted molar refractivity (Wildman–Crippen MR) is 166 cm³/mol. The molecule has 0 bridgehead atoms. The lowest BCUT2D eigenvalue weighted by molar-refractivity contribution is -0.134. The molecule has 0 rings (SSSR count). The molecule has 0 aromatic carbocycles. The van der Waals surface area contributed by atoms with E-state index in [4.69, 9.17) is 4.52 Å². The molecule has 0 amide bonds. The van der Waals surface area contributed by atoms with Crippen LogP contribution in [0.4, 0.5) is 0 Å². The highest BCUT2D eigenvalue weighted by atomic mass is 31.2. The van der Waals surface area contributed by atoms with Gasteiger partial charge < -0.3 is 10.7 Å². The van der Waals surface area contributed by atoms with Crippen molar-refractivity contribution in [1.82, 2.24) is 6.15 Å². The molecule has 3 nitrogen and oxygen atoms in total. The maximum absolute atomic E-state index is 13.0. The Balaban J connectivity index is 0. The molecular formula is C32H69NO2P+. The lowest BCUT2D eigenvalue weighted by atomic mass is 10.1. The highest BCUT2D eigenvalue weighted by Gasteiger charge is 2.41. The Morgan fingerprint density at radius 1 is 0.444 bits per heavy atom. The van der Waals surface area contributed by atoms with E-state index in [1.165, 1.54) is 160 Å². The number of unbranched alkanes of at least 4 members (excludes halogenated alkanes) is 19. The van der Waals surface area contributed by atoms with Crippen LogP contribution in [0.2, 0.25) is 0 Å². The summed E-state index contributed by atoms with van der Waals surface area (Å²) in [6.07, 6.45) is 34.2. The molecule has 4 heteroatoms. The number of hydrogen-bond donors (Lipinski definition) is 1. The fraction of sp³-hybridized carbons (Fsp3) is 0.969. The van der Waals surface area contributed by atoms with Gasteiger partial charge in [-0.05, 0) is 44.9 Å². The second kappa shape index (κ2) is 29.4. The Morgan fingerprint density at radius 2 is 0.722 bits per heavy atom. The molecule has 0 unspecified atom stereocenters. The second-order valence-corrected chi connectivity index (χ2v) is 14.8. The molecule has 0 spiro atoms. The molecule has 3 N–H and O–H groups in total. The van der Waals surface area contributed by atoms with Gasteiger partial charge in [0, 0.05) is 0 Å². The maximum Gasteiger partial charge on any atom is 0.349 e. The standard InChI is InChI=1S/C32H66O2P.H3N/c1-5-9-13-17-21-25-29-35(30-26-22-18-14-10-6-2,31-27-23-19-15-11-7-3)34-32(33)28-24-20-16-12-8-4;/h5-31H2,1-4H3;1H3/q+1;. The van der Waals surface area contributed by atoms with Gasteiger partial charge in [-0.1, -0.05) is 130 Å². The number of rotatable bonds is 28. The molecule has 36 heavy (non-hydrogen) atoms. The zero-order valence-electron chi connectivity index (χ0n) is 25.6. The van der Waals surface area contributed by atoms with Crippen molar-refractivity contribution in [2.75, 3.05) is 18.5 Å². The lowest BCUT2D eigenvalue weighted by Crippen LogP contribution is -2.17. The summed E-state index contributed by atoms with van der Waals surface area (Å²) in [5.41, 5.74) is 0. The minimum absolute atomic E-state index is 0. The van der Waals surface area contributed by atoms with Crippen LogP contribution >= 0.6 is 7.49 Å². The summed E-state index contributed by atoms with van der Waals surface area (Å²) < 4.78 is 6.60. The highest BCUT2D eigenvalue weighted by molar-refractivity contribution is 7.71. The third-order valence-corrected chi connectivity index (χ3v) is 11.5. The van der Waals surface area contributed by atoms with E-state index in [0.29, 0.717) is 6.42 Å². The van der Waals surface area contributed by atoms with Crippen LogP contribution in [0.3, 0.4) is 0 Å². The number of carbonyl (C=O) groups is 1. The summed E-state index contributed by atoms with van der Waals surface area (Å²) >= 11 is 0. The van der Waals surface area contributed by atoms with Crippen molar-refractivity contribution >= 4 is 13.5 Å². The van der Waals surface area contributed by atoms with E-state index < -0.39 is 7.49 Å². The summed E-state index contributed by atoms with van der Waals surface area (Å²) in [6, 6.07) is 0. The van der Waals surface area contributed by atoms with Crippen LogP contribution in [0.5, 0.6) is 0 Å². The molecule has 0 radical (unpaired) electrons. The van der Waals surface area contributed by atoms with Crippen molar-refractivity contribution in [2.45, 2.75) is 182 Å². The van der Waals surface area contributed by atoms with Crippen LogP contribution in [0, 0.1) is 0 Å². The number of carbonyl (C=O) groups excluding carboxylic acids is 1. The summed E-state index contributed by atoms with van der Waals surface area (Å²) in [5.74, 6) is 0.137. The summed E-state index contributed by atoms with van der Waals surface area (Å²) in [4.78, 5) is 13.0. The third kappa shape index (κ3) is 24.2. The van der Waals surface area contributed by atoms with Gasteiger partial charge >= 0.3 is 5.97 Å². The molecule has 218 valence electrons. The van der Waals surface area contributed by atoms with Gasteiger partial charge in [-0.15, -0.1) is 0 Å². The predicted octanol–water partition coefficient (Wildman–Crippen LogP) is 12.1. The SMILES string of the molecule is CCCCCCCC[P+](CCCCCCCC)(CCCCCCCC)OC(=O)CCCCCCC.N. The quantitative estimate of drug-likeness (QED) is 0.0808. The molecule has 0 aromatic heterocycles. The molecule has 0 aliphatic rings. The van der Waals surface area contributed by atoms with Gasteiger partial charge in [0.15, 0.2) is 7.49 Å². The third-order valence-electron chi connectivity index (χ3n) is 7.54. The molecule has 0 saturated carbocycles. The normalized spacial score (nSPS) is 11.4. The van der Waals surface area contributed by atoms with Crippen molar-refractivity contribution in [3.63, 3.8) is 0 Å². The average Bonchev–Trinajstić information content (AvgIpc) is 2.85. The molecular weight excluding hydrogens is 461 g/mol. The van der Waals surface area contributed by atoms with E-state index in [0.717, 1.165) is 6.42 Å². The topological polar surface area (TPSA) is 61.3 Å². The molecule has 0 fully saturated rings. The van der Waals surface area contributed by atoms with Crippen LogP contribution in [0.1, 0.15) is 182 Å². The van der Waals surface area contributed by atoms with E-state index in [1.54, 1.807) is 0 Å². The molecule has 0 atom stereocenters. The van der Waals surface area contributed by atoms with Crippen LogP contribution < -0.4 is 6.15 Å². The fourth-order valence-electron chi connectivity index (χ4n) is 5.15. The summed E-state index contributed by atoms with van der Waals surface area (Å²) in [7, 11) is -1.63. The van der Waals surface area contributed by atoms with Gasteiger partial charge in [0.2, 0.25) is 0 Å². The van der Waals surface area contributed by atoms with Gasteiger partial charge in [0.05, 0.1) is 24.9 Å². The Labute approximate surface area is 229 Å². The molecule has 0 aliphatic heterocycles. The summed E-state index contributed by atoms with van der Waals surface area (Å²) in [5, 5.41) is 0. The minimum Gasteiger partial charge on any atom is -0.344 e. The maximum atomic E-state index is 13.0. The Hall–Kier alpha value is -0.140. The lowest BCUT2D eigenvalue weighted by Gasteiger charge is -2.26. The zero-order valence-corrected chi connectivity index (χ0v) is 26.5. The van der Waals surface area contributed by atoms with Gasteiger partial charge in [0.1, 0.15) is 0 Å². The largest absolute Gasteiger partial charge is 0.349 e. The number of hydrogen-bond acceptors (Lipinski definition) is 3. The fourth-order valence-corrected chi connectivity index (χ4v) is 9.02. The zero-order chi connectivity index (χ0) is 25.9. The Bertz CT molecular complexity index is 403. The molecule has 0 aliphatic carbocycles. The van der Waals surface area contributed by atoms with Crippen LogP contribution in [0.15, 0.2) is 0 Å². The first-order chi connectivity index (χ1) is 17.1. The highest BCUT2D eigenvalue weighted by Crippen LogP contribution is 2.62. The van der Waals surface area contributed by atoms with Gasteiger partial charge in [-0.2, -0.15) is 0 Å². The van der Waals surface area contributed by atoms with Crippen LogP contribution in [0.25, 0.3) is 0 Å². The van der Waals surface area contributed by atoms with E-state index in [9.17, 15) is 4.79 Å². The Morgan fingerprint density at radius 3 is 1.06 bits per heavy atom. The smallest absolute Gasteiger partial charge is 0.344 e. The average molecular weight is 531 g/mol. The van der Waals surface area contributed by atoms with Crippen LogP contribution in [-0.2, 0) is 9.32 Å². The van der Waals surface area contributed by atoms with Crippen molar-refractivity contribution in [2.24, 2.45) is 0 Å². The van der Waals surface area contributed by atoms with E-state index in [-0.39, 0.29) is 12.1 Å². The van der Waals surface area contributed by atoms with Crippen molar-refractivity contribution < 1.29 is 9.32 Å². The van der Waals surface area contributed by atoms with Crippen molar-refractivity contribution in [1.29, 1.82) is 0 Å². The Kier molecular flexibility index (Phi) is 31.1. The van der Waals surface area contributed by atoms with Gasteiger partial charge in [-0.3, -0.25) is 0 Å². The second-order valence-electron chi connectivity index (χ2n) is 11.2. The first-order valence-electron chi connectivity index (χ1n) is 16.2. The van der Waals surface area contributed by atoms with Gasteiger partial charge in [0.25, 0.3) is 0 Å². The first-order valence-corrected chi connectivity index (χ1v) is 18.5. The van der Waals surface area contributed by atoms with Crippen LogP contribution in [-0.4, -0.2) is 24.5 Å².